The van der Waals surface area contributed by atoms with Crippen LogP contribution in [0.1, 0.15) is 0 Å². The standard InChI is InChI=1S/C12H9Br2NO3S/c13-8-4-5-12(11(14)6-8)19(17,18)15-9-2-1-3-10(16)7-9/h1-7,15-16H. The summed E-state index contributed by atoms with van der Waals surface area (Å²) >= 11 is 6.47. The molecule has 0 atom stereocenters. The number of phenols is 1. The van der Waals surface area contributed by atoms with E-state index < -0.39 is 10.0 Å². The van der Waals surface area contributed by atoms with E-state index >= 15 is 0 Å². The Kier molecular flexibility index (Phi) is 4.17. The predicted octanol–water partition coefficient (Wildman–Crippen LogP) is 3.72. The maximum Gasteiger partial charge on any atom is 0.263 e. The third kappa shape index (κ3) is 3.49. The Labute approximate surface area is 127 Å². The average molecular weight is 407 g/mol. The highest BCUT2D eigenvalue weighted by atomic mass is 79.9. The van der Waals surface area contributed by atoms with E-state index in [1.807, 2.05) is 0 Å². The first-order valence-electron chi connectivity index (χ1n) is 5.15. The summed E-state index contributed by atoms with van der Waals surface area (Å²) in [7, 11) is -3.71. The zero-order valence-electron chi connectivity index (χ0n) is 9.47. The van der Waals surface area contributed by atoms with E-state index in [4.69, 9.17) is 0 Å². The summed E-state index contributed by atoms with van der Waals surface area (Å²) in [6, 6.07) is 10.7. The van der Waals surface area contributed by atoms with E-state index in [-0.39, 0.29) is 10.6 Å². The molecule has 0 radical (unpaired) electrons. The summed E-state index contributed by atoms with van der Waals surface area (Å²) in [6.07, 6.45) is 0. The fraction of sp³-hybridized carbons (Fsp3) is 0. The molecule has 0 unspecified atom stereocenters. The van der Waals surface area contributed by atoms with Gasteiger partial charge in [0.1, 0.15) is 10.6 Å². The number of phenolic OH excluding ortho intramolecular Hbond substituents is 1. The molecule has 0 bridgehead atoms. The molecular weight excluding hydrogens is 398 g/mol. The van der Waals surface area contributed by atoms with Crippen LogP contribution in [0, 0.1) is 0 Å². The molecule has 2 N–H and O–H groups in total. The number of nitrogens with one attached hydrogen (secondary N) is 1. The molecular formula is C12H9Br2NO3S. The summed E-state index contributed by atoms with van der Waals surface area (Å²) in [6.45, 7) is 0. The van der Waals surface area contributed by atoms with Gasteiger partial charge in [-0.15, -0.1) is 0 Å². The first-order valence-corrected chi connectivity index (χ1v) is 8.22. The molecule has 0 aliphatic carbocycles. The van der Waals surface area contributed by atoms with Crippen molar-refractivity contribution >= 4 is 47.6 Å². The van der Waals surface area contributed by atoms with Gasteiger partial charge in [0.05, 0.1) is 5.69 Å². The monoisotopic (exact) mass is 405 g/mol. The molecule has 0 aromatic heterocycles. The van der Waals surface area contributed by atoms with E-state index in [0.29, 0.717) is 10.2 Å². The number of hydrogen-bond acceptors (Lipinski definition) is 3. The van der Waals surface area contributed by atoms with Crippen molar-refractivity contribution in [3.8, 4) is 5.75 Å². The third-order valence-corrected chi connectivity index (χ3v) is 5.13. The molecule has 4 nitrogen and oxygen atoms in total. The molecule has 2 rings (SSSR count). The van der Waals surface area contributed by atoms with Gasteiger partial charge in [0, 0.05) is 15.0 Å². The molecule has 0 spiro atoms. The Morgan fingerprint density at radius 1 is 1.05 bits per heavy atom. The van der Waals surface area contributed by atoms with Gasteiger partial charge in [0.2, 0.25) is 0 Å². The van der Waals surface area contributed by atoms with E-state index in [1.165, 1.54) is 18.2 Å². The van der Waals surface area contributed by atoms with Crippen molar-refractivity contribution in [2.24, 2.45) is 0 Å². The molecule has 19 heavy (non-hydrogen) atoms. The lowest BCUT2D eigenvalue weighted by Crippen LogP contribution is -2.13. The summed E-state index contributed by atoms with van der Waals surface area (Å²) in [5.41, 5.74) is 0.301. The van der Waals surface area contributed by atoms with Crippen molar-refractivity contribution in [2.75, 3.05) is 4.72 Å². The molecule has 0 fully saturated rings. The number of hydrogen-bond donors (Lipinski definition) is 2. The molecule has 0 heterocycles. The van der Waals surface area contributed by atoms with Crippen molar-refractivity contribution in [3.63, 3.8) is 0 Å². The first kappa shape index (κ1) is 14.4. The average Bonchev–Trinajstić information content (AvgIpc) is 2.27. The molecule has 100 valence electrons. The molecule has 0 aliphatic rings. The summed E-state index contributed by atoms with van der Waals surface area (Å²) in [5, 5.41) is 9.32. The maximum atomic E-state index is 12.2. The second kappa shape index (κ2) is 5.52. The fourth-order valence-electron chi connectivity index (χ4n) is 1.47. The lowest BCUT2D eigenvalue weighted by atomic mass is 10.3. The Hall–Kier alpha value is -1.05. The first-order chi connectivity index (χ1) is 8.88. The van der Waals surface area contributed by atoms with Crippen molar-refractivity contribution in [1.82, 2.24) is 0 Å². The van der Waals surface area contributed by atoms with Gasteiger partial charge < -0.3 is 5.11 Å². The SMILES string of the molecule is O=S(=O)(Nc1cccc(O)c1)c1ccc(Br)cc1Br. The Balaban J connectivity index is 2.38. The van der Waals surface area contributed by atoms with Crippen LogP contribution >= 0.6 is 31.9 Å². The van der Waals surface area contributed by atoms with Gasteiger partial charge in [0.15, 0.2) is 0 Å². The number of sulfonamides is 1. The van der Waals surface area contributed by atoms with Gasteiger partial charge >= 0.3 is 0 Å². The van der Waals surface area contributed by atoms with Gasteiger partial charge in [-0.3, -0.25) is 4.72 Å². The number of aromatic hydroxyl groups is 1. The smallest absolute Gasteiger partial charge is 0.263 e. The van der Waals surface area contributed by atoms with E-state index in [1.54, 1.807) is 24.3 Å². The molecule has 7 heteroatoms. The Bertz CT molecular complexity index is 717. The topological polar surface area (TPSA) is 66.4 Å². The second-order valence-electron chi connectivity index (χ2n) is 3.73. The van der Waals surface area contributed by atoms with Crippen molar-refractivity contribution in [1.29, 1.82) is 0 Å². The number of rotatable bonds is 3. The van der Waals surface area contributed by atoms with Crippen molar-refractivity contribution < 1.29 is 13.5 Å². The zero-order valence-corrected chi connectivity index (χ0v) is 13.5. The highest BCUT2D eigenvalue weighted by molar-refractivity contribution is 9.11. The number of anilines is 1. The van der Waals surface area contributed by atoms with E-state index in [2.05, 4.69) is 36.6 Å². The number of benzene rings is 2. The van der Waals surface area contributed by atoms with Crippen LogP contribution in [0.4, 0.5) is 5.69 Å². The van der Waals surface area contributed by atoms with Crippen LogP contribution in [0.15, 0.2) is 56.3 Å². The molecule has 0 amide bonds. The quantitative estimate of drug-likeness (QED) is 0.816. The van der Waals surface area contributed by atoms with Gasteiger partial charge in [-0.2, -0.15) is 0 Å². The van der Waals surface area contributed by atoms with E-state index in [9.17, 15) is 13.5 Å². The van der Waals surface area contributed by atoms with Crippen LogP contribution in [-0.4, -0.2) is 13.5 Å². The largest absolute Gasteiger partial charge is 0.508 e. The highest BCUT2D eigenvalue weighted by Gasteiger charge is 2.17. The van der Waals surface area contributed by atoms with Crippen LogP contribution in [0.5, 0.6) is 5.75 Å². The minimum atomic E-state index is -3.71. The van der Waals surface area contributed by atoms with Crippen molar-refractivity contribution in [3.05, 3.63) is 51.4 Å². The van der Waals surface area contributed by atoms with Crippen LogP contribution < -0.4 is 4.72 Å². The minimum Gasteiger partial charge on any atom is -0.508 e. The predicted molar refractivity (Wildman–Crippen MR) is 80.8 cm³/mol. The third-order valence-electron chi connectivity index (χ3n) is 2.28. The lowest BCUT2D eigenvalue weighted by Gasteiger charge is -2.10. The van der Waals surface area contributed by atoms with E-state index in [0.717, 1.165) is 4.47 Å². The summed E-state index contributed by atoms with van der Waals surface area (Å²) < 4.78 is 28.0. The Morgan fingerprint density at radius 3 is 2.42 bits per heavy atom. The van der Waals surface area contributed by atoms with Gasteiger partial charge in [-0.1, -0.05) is 22.0 Å². The van der Waals surface area contributed by atoms with Gasteiger partial charge in [-0.25, -0.2) is 8.42 Å². The normalized spacial score (nSPS) is 11.3. The lowest BCUT2D eigenvalue weighted by molar-refractivity contribution is 0.475. The van der Waals surface area contributed by atoms with Crippen LogP contribution in [0.25, 0.3) is 0 Å². The molecule has 0 aliphatic heterocycles. The van der Waals surface area contributed by atoms with Crippen molar-refractivity contribution in [2.45, 2.75) is 4.90 Å². The van der Waals surface area contributed by atoms with Crippen LogP contribution in [-0.2, 0) is 10.0 Å². The molecule has 0 saturated heterocycles. The summed E-state index contributed by atoms with van der Waals surface area (Å²) in [4.78, 5) is 0.124. The molecule has 2 aromatic carbocycles. The van der Waals surface area contributed by atoms with Gasteiger partial charge in [-0.05, 0) is 46.3 Å². The second-order valence-corrected chi connectivity index (χ2v) is 7.15. The minimum absolute atomic E-state index is 0.00456. The fourth-order valence-corrected chi connectivity index (χ4v) is 4.27. The summed E-state index contributed by atoms with van der Waals surface area (Å²) in [5.74, 6) is -0.00456. The van der Waals surface area contributed by atoms with Crippen LogP contribution in [0.3, 0.4) is 0 Å². The molecule has 2 aromatic rings. The zero-order chi connectivity index (χ0) is 14.0. The van der Waals surface area contributed by atoms with Crippen LogP contribution in [0.2, 0.25) is 0 Å². The van der Waals surface area contributed by atoms with Gasteiger partial charge in [0.25, 0.3) is 10.0 Å². The molecule has 0 saturated carbocycles. The Morgan fingerprint density at radius 2 is 1.79 bits per heavy atom. The maximum absolute atomic E-state index is 12.2. The number of halogens is 2. The highest BCUT2D eigenvalue weighted by Crippen LogP contribution is 2.27.